The van der Waals surface area contributed by atoms with Crippen LogP contribution in [0, 0.1) is 0 Å². The Kier molecular flexibility index (Phi) is 12.7. The van der Waals surface area contributed by atoms with Crippen LogP contribution in [0.1, 0.15) is 0 Å². The highest BCUT2D eigenvalue weighted by Crippen LogP contribution is 2.62. The van der Waals surface area contributed by atoms with Gasteiger partial charge >= 0.3 is 54.8 Å². The van der Waals surface area contributed by atoms with Crippen LogP contribution in [-0.2, 0) is 63.4 Å². The minimum atomic E-state index is -6.43. The van der Waals surface area contributed by atoms with Crippen LogP contribution < -0.4 is 0 Å². The first-order valence-electron chi connectivity index (χ1n) is 8.75. The summed E-state index contributed by atoms with van der Waals surface area (Å²) in [4.78, 5) is 119. The maximum absolute atomic E-state index is 12.2. The van der Waals surface area contributed by atoms with Crippen LogP contribution in [0.15, 0.2) is 0 Å². The van der Waals surface area contributed by atoms with Crippen LogP contribution in [0.3, 0.4) is 0 Å². The first-order chi connectivity index (χ1) is 17.3. The van der Waals surface area contributed by atoms with E-state index in [1.165, 1.54) is 0 Å². The molecule has 3 unspecified atom stereocenters. The van der Waals surface area contributed by atoms with Gasteiger partial charge in [0.1, 0.15) is 36.6 Å². The minimum Gasteiger partial charge on any atom is -0.303 e. The molecule has 7 atom stereocenters. The molecule has 0 aromatic carbocycles. The largest absolute Gasteiger partial charge is 0.481 e. The zero-order valence-corrected chi connectivity index (χ0v) is 24.4. The van der Waals surface area contributed by atoms with Gasteiger partial charge in [0.25, 0.3) is 0 Å². The van der Waals surface area contributed by atoms with E-state index in [1.807, 2.05) is 0 Å². The molecule has 1 aliphatic rings. The van der Waals surface area contributed by atoms with Crippen molar-refractivity contribution in [1.29, 1.82) is 0 Å². The van der Waals surface area contributed by atoms with Crippen molar-refractivity contribution >= 4 is 54.8 Å². The van der Waals surface area contributed by atoms with E-state index in [0.29, 0.717) is 0 Å². The topological polar surface area (TPSA) is 447 Å². The highest BCUT2D eigenvalue weighted by atomic mass is 32.2. The predicted octanol–water partition coefficient (Wildman–Crippen LogP) is -3.02. The van der Waals surface area contributed by atoms with Gasteiger partial charge in [-0.05, 0) is 0 Å². The Balaban J connectivity index is 4.13. The maximum atomic E-state index is 12.2. The molecular formula is C6H19O27P7. The molecule has 0 spiro atoms. The smallest absolute Gasteiger partial charge is 0.303 e. The monoisotopic (exact) mass is 741 g/mol. The summed E-state index contributed by atoms with van der Waals surface area (Å²) < 4.78 is 109. The van der Waals surface area contributed by atoms with E-state index in [2.05, 4.69) is 31.5 Å². The standard InChI is InChI=1S/C6H19O27P7/c7-34(8,9)27-1-2(28-35(10,11)12)4(30-37(16,17)18)6(32-40(25,26)33-39(22,23)24)5(31-38(19,20)21)3(1)29-36(13,14)15/h1-6H,(H,25,26)(H2,7,8,9)(H2,10,11,12)(H2,13,14,15)(H2,16,17,18)(H2,19,20,21)(H2,22,23,24)/t1?,2-,3-,4-,5+,6?/m1/s1/i39+1. The van der Waals surface area contributed by atoms with Gasteiger partial charge in [-0.25, -0.2) is 32.0 Å². The van der Waals surface area contributed by atoms with E-state index in [-0.39, 0.29) is 0 Å². The molecule has 0 aliphatic heterocycles. The van der Waals surface area contributed by atoms with Gasteiger partial charge in [0.15, 0.2) is 0 Å². The van der Waals surface area contributed by atoms with Gasteiger partial charge in [-0.3, -0.25) is 27.1 Å². The highest BCUT2D eigenvalue weighted by Gasteiger charge is 2.63. The molecule has 0 aromatic heterocycles. The summed E-state index contributed by atoms with van der Waals surface area (Å²) in [6, 6.07) is 0. The lowest BCUT2D eigenvalue weighted by atomic mass is 9.85. The average molecular weight is 741 g/mol. The molecule has 1 fully saturated rings. The van der Waals surface area contributed by atoms with E-state index < -0.39 is 91.4 Å². The lowest BCUT2D eigenvalue weighted by Gasteiger charge is -2.48. The molecule has 0 aromatic rings. The number of hydrogen-bond acceptors (Lipinski definition) is 14. The fourth-order valence-corrected chi connectivity index (χ4v) is 7.50. The van der Waals surface area contributed by atoms with Gasteiger partial charge < -0.3 is 63.6 Å². The maximum Gasteiger partial charge on any atom is 0.481 e. The molecule has 0 saturated heterocycles. The average Bonchev–Trinajstić information content (AvgIpc) is 2.57. The molecule has 240 valence electrons. The number of rotatable bonds is 14. The Labute approximate surface area is 219 Å². The van der Waals surface area contributed by atoms with Crippen molar-refractivity contribution in [2.45, 2.75) is 36.6 Å². The van der Waals surface area contributed by atoms with Crippen LogP contribution in [0.4, 0.5) is 0 Å². The second-order valence-corrected chi connectivity index (χ2v) is 15.7. The third-order valence-corrected chi connectivity index (χ3v) is 8.48. The summed E-state index contributed by atoms with van der Waals surface area (Å²) in [7, 11) is -43.3. The van der Waals surface area contributed by atoms with Crippen molar-refractivity contribution in [2.75, 3.05) is 0 Å². The van der Waals surface area contributed by atoms with Crippen LogP contribution >= 0.6 is 54.8 Å². The van der Waals surface area contributed by atoms with Crippen molar-refractivity contribution in [3.63, 3.8) is 0 Å². The van der Waals surface area contributed by atoms with E-state index in [1.54, 1.807) is 0 Å². The number of hydrogen-bond donors (Lipinski definition) is 13. The Morgan fingerprint density at radius 2 is 0.475 bits per heavy atom. The molecule has 0 radical (unpaired) electrons. The Morgan fingerprint density at radius 1 is 0.300 bits per heavy atom. The third-order valence-electron chi connectivity index (χ3n) is 3.70. The number of phosphoric ester groups is 6. The molecule has 1 rings (SSSR count). The molecule has 27 nitrogen and oxygen atoms in total. The van der Waals surface area contributed by atoms with Gasteiger partial charge in [-0.1, -0.05) is 0 Å². The quantitative estimate of drug-likeness (QED) is 0.0788. The normalized spacial score (nSPS) is 29.2. The first-order valence-corrected chi connectivity index (χ1v) is 19.4. The van der Waals surface area contributed by atoms with Gasteiger partial charge in [0.2, 0.25) is 0 Å². The molecule has 1 saturated carbocycles. The first kappa shape index (κ1) is 38.8. The van der Waals surface area contributed by atoms with Gasteiger partial charge in [-0.2, -0.15) is 4.31 Å². The van der Waals surface area contributed by atoms with Gasteiger partial charge in [-0.15, -0.1) is 0 Å². The summed E-state index contributed by atoms with van der Waals surface area (Å²) in [6.45, 7) is 0. The summed E-state index contributed by atoms with van der Waals surface area (Å²) in [6.07, 6.45) is -19.9. The zero-order valence-electron chi connectivity index (χ0n) is 18.1. The van der Waals surface area contributed by atoms with Crippen molar-refractivity contribution in [1.82, 2.24) is 0 Å². The molecule has 0 amide bonds. The molecule has 40 heavy (non-hydrogen) atoms. The van der Waals surface area contributed by atoms with Crippen molar-refractivity contribution in [2.24, 2.45) is 0 Å². The van der Waals surface area contributed by atoms with Crippen LogP contribution in [0.2, 0.25) is 0 Å². The zero-order chi connectivity index (χ0) is 31.9. The molecule has 0 bridgehead atoms. The fourth-order valence-electron chi connectivity index (χ4n) is 2.94. The Hall–Kier alpha value is 0.810. The lowest BCUT2D eigenvalue weighted by Crippen LogP contribution is -2.66. The van der Waals surface area contributed by atoms with Crippen molar-refractivity contribution in [3.8, 4) is 0 Å². The summed E-state index contributed by atoms with van der Waals surface area (Å²) >= 11 is 0. The van der Waals surface area contributed by atoms with Crippen LogP contribution in [-0.4, -0.2) is 100 Å². The van der Waals surface area contributed by atoms with E-state index in [4.69, 9.17) is 9.79 Å². The van der Waals surface area contributed by atoms with Crippen LogP contribution in [0.25, 0.3) is 0 Å². The van der Waals surface area contributed by atoms with Crippen LogP contribution in [0.5, 0.6) is 0 Å². The summed E-state index contributed by atoms with van der Waals surface area (Å²) in [5.74, 6) is 0. The molecular weight excluding hydrogens is 722 g/mol. The van der Waals surface area contributed by atoms with E-state index >= 15 is 0 Å². The van der Waals surface area contributed by atoms with Gasteiger partial charge in [0.05, 0.1) is 0 Å². The lowest BCUT2D eigenvalue weighted by molar-refractivity contribution is -0.201. The summed E-state index contributed by atoms with van der Waals surface area (Å²) in [5.41, 5.74) is 0. The van der Waals surface area contributed by atoms with Crippen molar-refractivity contribution < 1.29 is 127 Å². The highest BCUT2D eigenvalue weighted by molar-refractivity contribution is 7.60. The molecule has 13 N–H and O–H groups in total. The predicted molar refractivity (Wildman–Crippen MR) is 112 cm³/mol. The Bertz CT molecular complexity index is 1160. The molecule has 34 heteroatoms. The van der Waals surface area contributed by atoms with E-state index in [9.17, 15) is 85.8 Å². The molecule has 0 heterocycles. The van der Waals surface area contributed by atoms with E-state index in [0.717, 1.165) is 0 Å². The summed E-state index contributed by atoms with van der Waals surface area (Å²) in [5, 5.41) is 0. The second-order valence-electron chi connectivity index (χ2n) is 6.91. The Morgan fingerprint density at radius 3 is 0.625 bits per heavy atom. The molecule has 1 aliphatic carbocycles. The van der Waals surface area contributed by atoms with Gasteiger partial charge in [0, 0.05) is 0 Å². The number of phosphoric acid groups is 7. The SMILES string of the molecule is O=P(O)(O)OC1[C@@H](OP(=O)(O)O)[C@H](OP(=O)(O)O)C(OP(=O)(O)O[32P](=O)(O)O)[C@H](OP(=O)(O)O)[C@@H]1OP(=O)(O)O. The minimum absolute atomic E-state index is 3.27. The van der Waals surface area contributed by atoms with Crippen molar-refractivity contribution in [3.05, 3.63) is 0 Å². The fraction of sp³-hybridized carbons (Fsp3) is 1.00. The second kappa shape index (κ2) is 13.0. The third kappa shape index (κ3) is 15.0.